The van der Waals surface area contributed by atoms with Crippen LogP contribution in [0.3, 0.4) is 0 Å². The van der Waals surface area contributed by atoms with E-state index < -0.39 is 0 Å². The number of carbonyl (C=O) groups excluding carboxylic acids is 1. The van der Waals surface area contributed by atoms with Crippen molar-refractivity contribution in [2.24, 2.45) is 0 Å². The van der Waals surface area contributed by atoms with Gasteiger partial charge >= 0.3 is 0 Å². The van der Waals surface area contributed by atoms with Crippen LogP contribution in [0.25, 0.3) is 10.8 Å². The van der Waals surface area contributed by atoms with Crippen LogP contribution in [0.15, 0.2) is 67.3 Å². The molecule has 0 saturated carbocycles. The molecule has 0 amide bonds. The van der Waals surface area contributed by atoms with Gasteiger partial charge in [-0.2, -0.15) is 0 Å². The van der Waals surface area contributed by atoms with Crippen LogP contribution in [-0.2, 0) is 0 Å². The second kappa shape index (κ2) is 4.98. The van der Waals surface area contributed by atoms with Crippen LogP contribution in [0.1, 0.15) is 10.4 Å². The van der Waals surface area contributed by atoms with Crippen LogP contribution in [0.4, 0.5) is 0 Å². The van der Waals surface area contributed by atoms with Gasteiger partial charge in [0.25, 0.3) is 0 Å². The molecule has 3 heteroatoms. The average Bonchev–Trinajstić information content (AvgIpc) is 2.48. The molecule has 0 aliphatic carbocycles. The predicted molar refractivity (Wildman–Crippen MR) is 76.4 cm³/mol. The molecule has 0 fully saturated rings. The average molecular weight is 250 g/mol. The highest BCUT2D eigenvalue weighted by Crippen LogP contribution is 2.16. The summed E-state index contributed by atoms with van der Waals surface area (Å²) < 4.78 is 0. The molecule has 2 aromatic carbocycles. The fraction of sp³-hybridized carbons (Fsp3) is 0.0625. The van der Waals surface area contributed by atoms with Gasteiger partial charge < -0.3 is 10.2 Å². The Labute approximate surface area is 111 Å². The number of rotatable bonds is 3. The molecule has 0 radical (unpaired) electrons. The van der Waals surface area contributed by atoms with Crippen molar-refractivity contribution in [1.29, 1.82) is 0 Å². The third-order valence-corrected chi connectivity index (χ3v) is 3.12. The Bertz CT molecular complexity index is 661. The van der Waals surface area contributed by atoms with Gasteiger partial charge in [0.1, 0.15) is 0 Å². The molecular weight excluding hydrogens is 236 g/mol. The van der Waals surface area contributed by atoms with Gasteiger partial charge in [0.2, 0.25) is 0 Å². The number of benzene rings is 2. The van der Waals surface area contributed by atoms with E-state index in [-0.39, 0.29) is 5.78 Å². The number of Topliss-reactive ketones (excluding diaryl/α,β-unsaturated/α-hetero) is 1. The lowest BCUT2D eigenvalue weighted by Crippen LogP contribution is -2.23. The first-order valence-corrected chi connectivity index (χ1v) is 6.20. The number of nitrogens with one attached hydrogen (secondary N) is 1. The lowest BCUT2D eigenvalue weighted by molar-refractivity contribution is 0.0969. The maximum atomic E-state index is 12.2. The number of ketones is 1. The standard InChI is InChI=1S/C16H14N2O/c19-16(12-18-9-7-17-8-10-18)15-6-5-13-3-1-2-4-14(13)11-15/h1-11,17H,12H2. The van der Waals surface area contributed by atoms with E-state index >= 15 is 0 Å². The fourth-order valence-electron chi connectivity index (χ4n) is 2.11. The van der Waals surface area contributed by atoms with Gasteiger partial charge in [-0.1, -0.05) is 36.4 Å². The van der Waals surface area contributed by atoms with E-state index in [4.69, 9.17) is 0 Å². The van der Waals surface area contributed by atoms with Crippen LogP contribution >= 0.6 is 0 Å². The number of fused-ring (bicyclic) bond motifs is 1. The molecule has 0 aromatic heterocycles. The molecule has 1 aliphatic heterocycles. The smallest absolute Gasteiger partial charge is 0.182 e. The minimum Gasteiger partial charge on any atom is -0.365 e. The normalized spacial score (nSPS) is 13.6. The van der Waals surface area contributed by atoms with Crippen LogP contribution < -0.4 is 5.32 Å². The van der Waals surface area contributed by atoms with Crippen molar-refractivity contribution in [2.75, 3.05) is 6.54 Å². The summed E-state index contributed by atoms with van der Waals surface area (Å²) in [6, 6.07) is 13.9. The van der Waals surface area contributed by atoms with Crippen molar-refractivity contribution in [1.82, 2.24) is 10.2 Å². The first-order chi connectivity index (χ1) is 9.33. The van der Waals surface area contributed by atoms with Gasteiger partial charge in [-0.05, 0) is 16.8 Å². The Hall–Kier alpha value is -2.55. The Morgan fingerprint density at radius 1 is 1.00 bits per heavy atom. The molecule has 19 heavy (non-hydrogen) atoms. The molecule has 94 valence electrons. The van der Waals surface area contributed by atoms with Crippen molar-refractivity contribution in [3.63, 3.8) is 0 Å². The second-order valence-electron chi connectivity index (χ2n) is 4.46. The first kappa shape index (κ1) is 11.5. The van der Waals surface area contributed by atoms with E-state index in [1.807, 2.05) is 59.8 Å². The van der Waals surface area contributed by atoms with E-state index in [2.05, 4.69) is 5.32 Å². The van der Waals surface area contributed by atoms with Gasteiger partial charge in [0.15, 0.2) is 5.78 Å². The van der Waals surface area contributed by atoms with E-state index in [1.54, 1.807) is 12.4 Å². The van der Waals surface area contributed by atoms with E-state index in [0.29, 0.717) is 6.54 Å². The van der Waals surface area contributed by atoms with Crippen LogP contribution in [0, 0.1) is 0 Å². The zero-order valence-corrected chi connectivity index (χ0v) is 10.4. The van der Waals surface area contributed by atoms with Crippen molar-refractivity contribution in [3.8, 4) is 0 Å². The summed E-state index contributed by atoms with van der Waals surface area (Å²) in [6.45, 7) is 0.354. The monoisotopic (exact) mass is 250 g/mol. The molecule has 0 spiro atoms. The lowest BCUT2D eigenvalue weighted by atomic mass is 10.0. The quantitative estimate of drug-likeness (QED) is 0.850. The minimum atomic E-state index is 0.113. The van der Waals surface area contributed by atoms with Crippen LogP contribution in [0.2, 0.25) is 0 Å². The number of carbonyl (C=O) groups is 1. The molecule has 3 rings (SSSR count). The van der Waals surface area contributed by atoms with E-state index in [0.717, 1.165) is 16.3 Å². The fourth-order valence-corrected chi connectivity index (χ4v) is 2.11. The summed E-state index contributed by atoms with van der Waals surface area (Å²) in [5.41, 5.74) is 0.749. The summed E-state index contributed by atoms with van der Waals surface area (Å²) in [6.07, 6.45) is 7.29. The molecule has 2 aromatic rings. The Kier molecular flexibility index (Phi) is 3.02. The zero-order chi connectivity index (χ0) is 13.1. The summed E-state index contributed by atoms with van der Waals surface area (Å²) in [4.78, 5) is 14.1. The van der Waals surface area contributed by atoms with Gasteiger partial charge in [-0.25, -0.2) is 0 Å². The van der Waals surface area contributed by atoms with E-state index in [9.17, 15) is 4.79 Å². The minimum absolute atomic E-state index is 0.113. The van der Waals surface area contributed by atoms with Crippen molar-refractivity contribution in [2.45, 2.75) is 0 Å². The third kappa shape index (κ3) is 2.50. The number of hydrogen-bond acceptors (Lipinski definition) is 3. The lowest BCUT2D eigenvalue weighted by Gasteiger charge is -2.17. The third-order valence-electron chi connectivity index (χ3n) is 3.12. The highest BCUT2D eigenvalue weighted by Gasteiger charge is 2.09. The molecule has 1 aliphatic rings. The van der Waals surface area contributed by atoms with Crippen LogP contribution in [-0.4, -0.2) is 17.2 Å². The SMILES string of the molecule is O=C(CN1C=CNC=C1)c1ccc2ccccc2c1. The molecule has 1 heterocycles. The molecule has 0 saturated heterocycles. The van der Waals surface area contributed by atoms with Crippen molar-refractivity contribution in [3.05, 3.63) is 72.8 Å². The Balaban J connectivity index is 1.83. The zero-order valence-electron chi connectivity index (χ0n) is 10.4. The van der Waals surface area contributed by atoms with E-state index in [1.165, 1.54) is 0 Å². The van der Waals surface area contributed by atoms with Crippen molar-refractivity contribution >= 4 is 16.6 Å². The van der Waals surface area contributed by atoms with Gasteiger partial charge in [0.05, 0.1) is 6.54 Å². The molecule has 1 N–H and O–H groups in total. The maximum absolute atomic E-state index is 12.2. The molecule has 3 nitrogen and oxygen atoms in total. The second-order valence-corrected chi connectivity index (χ2v) is 4.46. The van der Waals surface area contributed by atoms with Gasteiger partial charge in [0, 0.05) is 30.4 Å². The number of hydrogen-bond donors (Lipinski definition) is 1. The Morgan fingerprint density at radius 2 is 1.74 bits per heavy atom. The van der Waals surface area contributed by atoms with Gasteiger partial charge in [-0.15, -0.1) is 0 Å². The summed E-state index contributed by atoms with van der Waals surface area (Å²) in [5, 5.41) is 5.19. The number of nitrogens with zero attached hydrogens (tertiary/aromatic N) is 1. The summed E-state index contributed by atoms with van der Waals surface area (Å²) in [7, 11) is 0. The van der Waals surface area contributed by atoms with Crippen LogP contribution in [0.5, 0.6) is 0 Å². The maximum Gasteiger partial charge on any atom is 0.182 e. The summed E-state index contributed by atoms with van der Waals surface area (Å²) >= 11 is 0. The molecule has 0 bridgehead atoms. The predicted octanol–water partition coefficient (Wildman–Crippen LogP) is 2.87. The highest BCUT2D eigenvalue weighted by atomic mass is 16.1. The van der Waals surface area contributed by atoms with Gasteiger partial charge in [-0.3, -0.25) is 4.79 Å². The first-order valence-electron chi connectivity index (χ1n) is 6.20. The molecule has 0 atom stereocenters. The molecular formula is C16H14N2O. The highest BCUT2D eigenvalue weighted by molar-refractivity contribution is 6.01. The molecule has 0 unspecified atom stereocenters. The Morgan fingerprint density at radius 3 is 2.53 bits per heavy atom. The topological polar surface area (TPSA) is 32.3 Å². The largest absolute Gasteiger partial charge is 0.365 e. The van der Waals surface area contributed by atoms with Crippen molar-refractivity contribution < 1.29 is 4.79 Å². The summed E-state index contributed by atoms with van der Waals surface area (Å²) in [5.74, 6) is 0.113.